The SMILES string of the molecule is CNC(=O)CN1CCC(c2ccc3[nH]c(-c4cc(C)nc(C)c4)c(C(C)C)c3c2)CC1. The van der Waals surface area contributed by atoms with E-state index in [4.69, 9.17) is 0 Å². The number of piperidine rings is 1. The summed E-state index contributed by atoms with van der Waals surface area (Å²) in [5, 5.41) is 4.06. The molecule has 1 aromatic carbocycles. The number of amides is 1. The molecule has 1 aliphatic heterocycles. The predicted octanol–water partition coefficient (Wildman–Crippen LogP) is 4.90. The van der Waals surface area contributed by atoms with Crippen LogP contribution in [0.15, 0.2) is 30.3 Å². The van der Waals surface area contributed by atoms with Gasteiger partial charge in [0.2, 0.25) is 5.91 Å². The second-order valence-corrected chi connectivity index (χ2v) is 9.24. The van der Waals surface area contributed by atoms with Gasteiger partial charge in [0, 0.05) is 34.9 Å². The van der Waals surface area contributed by atoms with Gasteiger partial charge in [0.15, 0.2) is 0 Å². The first-order chi connectivity index (χ1) is 14.9. The maximum atomic E-state index is 11.7. The van der Waals surface area contributed by atoms with Crippen LogP contribution in [0.5, 0.6) is 0 Å². The summed E-state index contributed by atoms with van der Waals surface area (Å²) in [7, 11) is 1.70. The molecule has 164 valence electrons. The summed E-state index contributed by atoms with van der Waals surface area (Å²) in [4.78, 5) is 22.2. The molecule has 3 aromatic rings. The molecule has 1 aliphatic rings. The molecule has 1 saturated heterocycles. The Morgan fingerprint density at radius 1 is 1.16 bits per heavy atom. The van der Waals surface area contributed by atoms with Crippen LogP contribution < -0.4 is 5.32 Å². The zero-order valence-corrected chi connectivity index (χ0v) is 19.4. The van der Waals surface area contributed by atoms with Crippen LogP contribution in [0.25, 0.3) is 22.2 Å². The number of benzene rings is 1. The minimum absolute atomic E-state index is 0.0999. The fraction of sp³-hybridized carbons (Fsp3) is 0.462. The highest BCUT2D eigenvalue weighted by Gasteiger charge is 2.23. The molecular weight excluding hydrogens is 384 g/mol. The minimum Gasteiger partial charge on any atom is -0.358 e. The largest absolute Gasteiger partial charge is 0.358 e. The van der Waals surface area contributed by atoms with Gasteiger partial charge < -0.3 is 10.3 Å². The average Bonchev–Trinajstić information content (AvgIpc) is 3.12. The number of pyridine rings is 1. The zero-order valence-electron chi connectivity index (χ0n) is 19.4. The summed E-state index contributed by atoms with van der Waals surface area (Å²) in [6, 6.07) is 11.3. The molecule has 0 unspecified atom stereocenters. The monoisotopic (exact) mass is 418 g/mol. The van der Waals surface area contributed by atoms with E-state index in [1.165, 1.54) is 33.3 Å². The Kier molecular flexibility index (Phi) is 6.15. The zero-order chi connectivity index (χ0) is 22.1. The van der Waals surface area contributed by atoms with E-state index in [1.807, 2.05) is 0 Å². The van der Waals surface area contributed by atoms with Crippen LogP contribution in [-0.2, 0) is 4.79 Å². The summed E-state index contributed by atoms with van der Waals surface area (Å²) < 4.78 is 0. The molecule has 0 spiro atoms. The van der Waals surface area contributed by atoms with E-state index in [2.05, 4.69) is 78.2 Å². The van der Waals surface area contributed by atoms with Gasteiger partial charge in [-0.2, -0.15) is 0 Å². The molecule has 0 atom stereocenters. The Hall–Kier alpha value is -2.66. The molecule has 4 rings (SSSR count). The van der Waals surface area contributed by atoms with Gasteiger partial charge in [0.1, 0.15) is 0 Å². The average molecular weight is 419 g/mol. The Labute approximate surface area is 185 Å². The van der Waals surface area contributed by atoms with Crippen LogP contribution in [0.1, 0.15) is 61.0 Å². The quantitative estimate of drug-likeness (QED) is 0.620. The lowest BCUT2D eigenvalue weighted by molar-refractivity contribution is -0.122. The van der Waals surface area contributed by atoms with Gasteiger partial charge in [0.05, 0.1) is 12.2 Å². The number of rotatable bonds is 5. The van der Waals surface area contributed by atoms with Crippen molar-refractivity contribution < 1.29 is 4.79 Å². The number of aromatic amines is 1. The van der Waals surface area contributed by atoms with E-state index in [9.17, 15) is 4.79 Å². The molecule has 0 saturated carbocycles. The highest BCUT2D eigenvalue weighted by Crippen LogP contribution is 2.38. The van der Waals surface area contributed by atoms with Crippen molar-refractivity contribution in [1.29, 1.82) is 0 Å². The Morgan fingerprint density at radius 2 is 1.84 bits per heavy atom. The normalized spacial score (nSPS) is 15.7. The number of carbonyl (C=O) groups is 1. The third-order valence-corrected chi connectivity index (χ3v) is 6.52. The molecule has 1 amide bonds. The van der Waals surface area contributed by atoms with Crippen LogP contribution in [0.3, 0.4) is 0 Å². The second-order valence-electron chi connectivity index (χ2n) is 9.24. The van der Waals surface area contributed by atoms with Crippen molar-refractivity contribution >= 4 is 16.8 Å². The number of fused-ring (bicyclic) bond motifs is 1. The van der Waals surface area contributed by atoms with Crippen molar-refractivity contribution in [2.24, 2.45) is 0 Å². The molecular formula is C26H34N4O. The number of hydrogen-bond donors (Lipinski definition) is 2. The van der Waals surface area contributed by atoms with Crippen LogP contribution in [0.4, 0.5) is 0 Å². The van der Waals surface area contributed by atoms with E-state index < -0.39 is 0 Å². The number of hydrogen-bond acceptors (Lipinski definition) is 3. The predicted molar refractivity (Wildman–Crippen MR) is 128 cm³/mol. The fourth-order valence-corrected chi connectivity index (χ4v) is 5.00. The maximum absolute atomic E-state index is 11.7. The second kappa shape index (κ2) is 8.83. The highest BCUT2D eigenvalue weighted by molar-refractivity contribution is 5.92. The lowest BCUT2D eigenvalue weighted by Gasteiger charge is -2.31. The standard InChI is InChI=1S/C26H34N4O/c1-16(2)25-22-14-20(19-8-10-30(11-9-19)15-24(31)27-5)6-7-23(22)29-26(25)21-12-17(3)28-18(4)13-21/h6-7,12-14,16,19,29H,8-11,15H2,1-5H3,(H,27,31). The van der Waals surface area contributed by atoms with E-state index in [0.717, 1.165) is 37.3 Å². The molecule has 0 radical (unpaired) electrons. The highest BCUT2D eigenvalue weighted by atomic mass is 16.1. The van der Waals surface area contributed by atoms with Gasteiger partial charge in [-0.25, -0.2) is 0 Å². The molecule has 5 nitrogen and oxygen atoms in total. The van der Waals surface area contributed by atoms with Crippen LogP contribution in [-0.4, -0.2) is 47.5 Å². The first-order valence-electron chi connectivity index (χ1n) is 11.4. The molecule has 0 bridgehead atoms. The first-order valence-corrected chi connectivity index (χ1v) is 11.4. The number of nitrogens with one attached hydrogen (secondary N) is 2. The van der Waals surface area contributed by atoms with Crippen molar-refractivity contribution in [2.45, 2.75) is 52.4 Å². The summed E-state index contributed by atoms with van der Waals surface area (Å²) in [6.45, 7) is 11.1. The van der Waals surface area contributed by atoms with E-state index >= 15 is 0 Å². The number of H-pyrrole nitrogens is 1. The van der Waals surface area contributed by atoms with Crippen molar-refractivity contribution in [1.82, 2.24) is 20.2 Å². The van der Waals surface area contributed by atoms with Crippen molar-refractivity contribution in [3.05, 3.63) is 52.8 Å². The van der Waals surface area contributed by atoms with Gasteiger partial charge in [0.25, 0.3) is 0 Å². The number of likely N-dealkylation sites (N-methyl/N-ethyl adjacent to an activating group) is 1. The minimum atomic E-state index is 0.0999. The Morgan fingerprint density at radius 3 is 2.45 bits per heavy atom. The molecule has 5 heteroatoms. The summed E-state index contributed by atoms with van der Waals surface area (Å²) in [5.41, 5.74) is 8.54. The fourth-order valence-electron chi connectivity index (χ4n) is 5.00. The van der Waals surface area contributed by atoms with Crippen LogP contribution in [0, 0.1) is 13.8 Å². The Bertz CT molecular complexity index is 1070. The number of carbonyl (C=O) groups excluding carboxylic acids is 1. The summed E-state index contributed by atoms with van der Waals surface area (Å²) in [6.07, 6.45) is 2.19. The maximum Gasteiger partial charge on any atom is 0.233 e. The van der Waals surface area contributed by atoms with Crippen LogP contribution in [0.2, 0.25) is 0 Å². The molecule has 3 heterocycles. The van der Waals surface area contributed by atoms with Gasteiger partial charge in [-0.05, 0) is 87.0 Å². The van der Waals surface area contributed by atoms with Crippen LogP contribution >= 0.6 is 0 Å². The Balaban J connectivity index is 1.65. The van der Waals surface area contributed by atoms with E-state index in [1.54, 1.807) is 7.05 Å². The van der Waals surface area contributed by atoms with Crippen molar-refractivity contribution in [3.63, 3.8) is 0 Å². The van der Waals surface area contributed by atoms with Gasteiger partial charge >= 0.3 is 0 Å². The summed E-state index contributed by atoms with van der Waals surface area (Å²) in [5.74, 6) is 1.07. The molecule has 0 aliphatic carbocycles. The lowest BCUT2D eigenvalue weighted by atomic mass is 9.87. The van der Waals surface area contributed by atoms with Gasteiger partial charge in [-0.3, -0.25) is 14.7 Å². The van der Waals surface area contributed by atoms with Crippen molar-refractivity contribution in [3.8, 4) is 11.3 Å². The lowest BCUT2D eigenvalue weighted by Crippen LogP contribution is -2.40. The van der Waals surface area contributed by atoms with E-state index in [-0.39, 0.29) is 5.91 Å². The molecule has 2 N–H and O–H groups in total. The molecule has 2 aromatic heterocycles. The number of aryl methyl sites for hydroxylation is 2. The number of nitrogens with zero attached hydrogens (tertiary/aromatic N) is 2. The third kappa shape index (κ3) is 4.52. The van der Waals surface area contributed by atoms with Gasteiger partial charge in [-0.1, -0.05) is 19.9 Å². The third-order valence-electron chi connectivity index (χ3n) is 6.52. The topological polar surface area (TPSA) is 61.0 Å². The molecule has 1 fully saturated rings. The van der Waals surface area contributed by atoms with Crippen molar-refractivity contribution in [2.75, 3.05) is 26.7 Å². The molecule has 31 heavy (non-hydrogen) atoms. The smallest absolute Gasteiger partial charge is 0.233 e. The van der Waals surface area contributed by atoms with E-state index in [0.29, 0.717) is 18.4 Å². The number of aromatic nitrogens is 2. The van der Waals surface area contributed by atoms with Gasteiger partial charge in [-0.15, -0.1) is 0 Å². The number of likely N-dealkylation sites (tertiary alicyclic amines) is 1. The first kappa shape index (κ1) is 21.6. The summed E-state index contributed by atoms with van der Waals surface area (Å²) >= 11 is 0.